The van der Waals surface area contributed by atoms with E-state index in [9.17, 15) is 14.0 Å². The SMILES string of the molecule is O=C(CSc1nc2c(c(=O)[nH]1)CN(Cc1ccccc1)CC2)Nc1cccc(F)c1. The third-order valence-electron chi connectivity index (χ3n) is 4.82. The van der Waals surface area contributed by atoms with E-state index in [4.69, 9.17) is 0 Å². The Kier molecular flexibility index (Phi) is 6.25. The van der Waals surface area contributed by atoms with E-state index in [0.29, 0.717) is 29.4 Å². The number of hydrogen-bond acceptors (Lipinski definition) is 5. The van der Waals surface area contributed by atoms with Gasteiger partial charge in [0.15, 0.2) is 5.16 Å². The monoisotopic (exact) mass is 424 g/mol. The van der Waals surface area contributed by atoms with Gasteiger partial charge in [0.1, 0.15) is 5.82 Å². The van der Waals surface area contributed by atoms with Crippen LogP contribution in [0.4, 0.5) is 10.1 Å². The molecule has 8 heteroatoms. The minimum atomic E-state index is -0.414. The maximum Gasteiger partial charge on any atom is 0.256 e. The Balaban J connectivity index is 1.37. The number of fused-ring (bicyclic) bond motifs is 1. The Bertz CT molecular complexity index is 1100. The number of H-pyrrole nitrogens is 1. The average molecular weight is 425 g/mol. The molecule has 0 bridgehead atoms. The summed E-state index contributed by atoms with van der Waals surface area (Å²) in [4.78, 5) is 34.2. The molecule has 2 heterocycles. The predicted molar refractivity (Wildman–Crippen MR) is 115 cm³/mol. The van der Waals surface area contributed by atoms with Crippen molar-refractivity contribution in [3.8, 4) is 0 Å². The molecule has 154 valence electrons. The Morgan fingerprint density at radius 2 is 2.03 bits per heavy atom. The maximum absolute atomic E-state index is 13.2. The first-order chi connectivity index (χ1) is 14.6. The Morgan fingerprint density at radius 1 is 1.20 bits per heavy atom. The molecule has 3 aromatic rings. The molecule has 4 rings (SSSR count). The number of benzene rings is 2. The van der Waals surface area contributed by atoms with E-state index in [2.05, 4.69) is 32.3 Å². The molecule has 0 saturated carbocycles. The van der Waals surface area contributed by atoms with Crippen LogP contribution in [0.2, 0.25) is 0 Å². The van der Waals surface area contributed by atoms with Gasteiger partial charge < -0.3 is 10.3 Å². The summed E-state index contributed by atoms with van der Waals surface area (Å²) in [6.07, 6.45) is 0.690. The number of hydrogen-bond donors (Lipinski definition) is 2. The van der Waals surface area contributed by atoms with Crippen molar-refractivity contribution in [2.24, 2.45) is 0 Å². The van der Waals surface area contributed by atoms with E-state index in [1.165, 1.54) is 23.8 Å². The maximum atomic E-state index is 13.2. The van der Waals surface area contributed by atoms with E-state index in [0.717, 1.165) is 30.5 Å². The highest BCUT2D eigenvalue weighted by Crippen LogP contribution is 2.20. The molecule has 0 fully saturated rings. The molecule has 0 aliphatic carbocycles. The Labute approximate surface area is 177 Å². The Morgan fingerprint density at radius 3 is 2.83 bits per heavy atom. The number of anilines is 1. The highest BCUT2D eigenvalue weighted by atomic mass is 32.2. The summed E-state index contributed by atoms with van der Waals surface area (Å²) in [6.45, 7) is 2.16. The molecule has 0 spiro atoms. The van der Waals surface area contributed by atoms with Gasteiger partial charge in [-0.05, 0) is 23.8 Å². The fourth-order valence-corrected chi connectivity index (χ4v) is 4.08. The van der Waals surface area contributed by atoms with E-state index in [1.54, 1.807) is 6.07 Å². The van der Waals surface area contributed by atoms with Gasteiger partial charge >= 0.3 is 0 Å². The van der Waals surface area contributed by atoms with Gasteiger partial charge in [-0.15, -0.1) is 0 Å². The molecule has 1 aliphatic heterocycles. The molecule has 0 radical (unpaired) electrons. The van der Waals surface area contributed by atoms with Crippen molar-refractivity contribution >= 4 is 23.4 Å². The molecule has 0 atom stereocenters. The van der Waals surface area contributed by atoms with Crippen LogP contribution >= 0.6 is 11.8 Å². The van der Waals surface area contributed by atoms with E-state index in [1.807, 2.05) is 18.2 Å². The lowest BCUT2D eigenvalue weighted by Crippen LogP contribution is -2.35. The largest absolute Gasteiger partial charge is 0.325 e. The lowest BCUT2D eigenvalue weighted by atomic mass is 10.1. The average Bonchev–Trinajstić information content (AvgIpc) is 2.73. The molecule has 1 aliphatic rings. The fourth-order valence-electron chi connectivity index (χ4n) is 3.40. The van der Waals surface area contributed by atoms with Crippen LogP contribution in [0.25, 0.3) is 0 Å². The number of thioether (sulfide) groups is 1. The van der Waals surface area contributed by atoms with Crippen LogP contribution < -0.4 is 10.9 Å². The van der Waals surface area contributed by atoms with Gasteiger partial charge in [-0.1, -0.05) is 48.2 Å². The lowest BCUT2D eigenvalue weighted by molar-refractivity contribution is -0.113. The van der Waals surface area contributed by atoms with Crippen molar-refractivity contribution in [1.82, 2.24) is 14.9 Å². The molecule has 0 saturated heterocycles. The number of aromatic amines is 1. The lowest BCUT2D eigenvalue weighted by Gasteiger charge is -2.27. The van der Waals surface area contributed by atoms with Gasteiger partial charge in [0, 0.05) is 31.7 Å². The normalized spacial score (nSPS) is 13.6. The molecular weight excluding hydrogens is 403 g/mol. The number of nitrogens with zero attached hydrogens (tertiary/aromatic N) is 2. The quantitative estimate of drug-likeness (QED) is 0.469. The third kappa shape index (κ3) is 5.14. The predicted octanol–water partition coefficient (Wildman–Crippen LogP) is 3.20. The van der Waals surface area contributed by atoms with Crippen LogP contribution in [-0.4, -0.2) is 33.1 Å². The second kappa shape index (κ2) is 9.23. The topological polar surface area (TPSA) is 78.1 Å². The summed E-state index contributed by atoms with van der Waals surface area (Å²) in [7, 11) is 0. The van der Waals surface area contributed by atoms with Crippen molar-refractivity contribution in [3.05, 3.63) is 87.6 Å². The van der Waals surface area contributed by atoms with E-state index in [-0.39, 0.29) is 17.2 Å². The first kappa shape index (κ1) is 20.3. The summed E-state index contributed by atoms with van der Waals surface area (Å²) in [5, 5.41) is 3.05. The zero-order valence-electron chi connectivity index (χ0n) is 16.2. The number of rotatable bonds is 6. The van der Waals surface area contributed by atoms with Gasteiger partial charge in [0.05, 0.1) is 17.0 Å². The minimum Gasteiger partial charge on any atom is -0.325 e. The summed E-state index contributed by atoms with van der Waals surface area (Å²) < 4.78 is 13.2. The van der Waals surface area contributed by atoms with Crippen LogP contribution in [0.3, 0.4) is 0 Å². The van der Waals surface area contributed by atoms with Crippen LogP contribution in [0.15, 0.2) is 64.5 Å². The molecule has 2 aromatic carbocycles. The van der Waals surface area contributed by atoms with Crippen LogP contribution in [-0.2, 0) is 24.3 Å². The molecule has 30 heavy (non-hydrogen) atoms. The van der Waals surface area contributed by atoms with Gasteiger partial charge in [0.25, 0.3) is 5.56 Å². The first-order valence-corrected chi connectivity index (χ1v) is 10.6. The summed E-state index contributed by atoms with van der Waals surface area (Å²) in [6, 6.07) is 15.9. The molecule has 1 amide bonds. The molecule has 1 aromatic heterocycles. The molecular formula is C22H21FN4O2S. The third-order valence-corrected chi connectivity index (χ3v) is 5.70. The van der Waals surface area contributed by atoms with Crippen molar-refractivity contribution in [1.29, 1.82) is 0 Å². The van der Waals surface area contributed by atoms with Crippen LogP contribution in [0.1, 0.15) is 16.8 Å². The smallest absolute Gasteiger partial charge is 0.256 e. The summed E-state index contributed by atoms with van der Waals surface area (Å²) in [5.74, 6) is -0.638. The van der Waals surface area contributed by atoms with Gasteiger partial charge in [-0.2, -0.15) is 0 Å². The van der Waals surface area contributed by atoms with Gasteiger partial charge in [-0.3, -0.25) is 14.5 Å². The van der Waals surface area contributed by atoms with Crippen LogP contribution in [0, 0.1) is 5.82 Å². The van der Waals surface area contributed by atoms with Crippen LogP contribution in [0.5, 0.6) is 0 Å². The number of carbonyl (C=O) groups is 1. The first-order valence-electron chi connectivity index (χ1n) is 9.63. The minimum absolute atomic E-state index is 0.0678. The fraction of sp³-hybridized carbons (Fsp3) is 0.227. The number of amides is 1. The van der Waals surface area contributed by atoms with Gasteiger partial charge in [-0.25, -0.2) is 9.37 Å². The molecule has 2 N–H and O–H groups in total. The second-order valence-electron chi connectivity index (χ2n) is 7.09. The molecule has 0 unspecified atom stereocenters. The van der Waals surface area contributed by atoms with Gasteiger partial charge in [0.2, 0.25) is 5.91 Å². The zero-order chi connectivity index (χ0) is 20.9. The summed E-state index contributed by atoms with van der Waals surface area (Å²) >= 11 is 1.16. The Hall–Kier alpha value is -2.97. The molecule has 6 nitrogen and oxygen atoms in total. The number of nitrogens with one attached hydrogen (secondary N) is 2. The number of halogens is 1. The second-order valence-corrected chi connectivity index (χ2v) is 8.05. The van der Waals surface area contributed by atoms with Crippen molar-refractivity contribution < 1.29 is 9.18 Å². The van der Waals surface area contributed by atoms with E-state index >= 15 is 0 Å². The number of carbonyl (C=O) groups excluding carboxylic acids is 1. The van der Waals surface area contributed by atoms with E-state index < -0.39 is 5.82 Å². The zero-order valence-corrected chi connectivity index (χ0v) is 17.0. The van der Waals surface area contributed by atoms with Crippen molar-refractivity contribution in [2.75, 3.05) is 17.6 Å². The summed E-state index contributed by atoms with van der Waals surface area (Å²) in [5.41, 5.74) is 2.92. The van der Waals surface area contributed by atoms with Crippen molar-refractivity contribution in [2.45, 2.75) is 24.7 Å². The highest BCUT2D eigenvalue weighted by Gasteiger charge is 2.21. The van der Waals surface area contributed by atoms with Crippen molar-refractivity contribution in [3.63, 3.8) is 0 Å². The standard InChI is InChI=1S/C22H21FN4O2S/c23-16-7-4-8-17(11-16)24-20(28)14-30-22-25-19-9-10-27(13-18(19)21(29)26-22)12-15-5-2-1-3-6-15/h1-8,11H,9-10,12-14H2,(H,24,28)(H,25,26,29). The highest BCUT2D eigenvalue weighted by molar-refractivity contribution is 7.99. The number of aromatic nitrogens is 2.